The van der Waals surface area contributed by atoms with E-state index in [0.717, 1.165) is 16.7 Å². The van der Waals surface area contributed by atoms with Crippen LogP contribution in [-0.2, 0) is 16.0 Å². The first-order valence-corrected chi connectivity index (χ1v) is 9.80. The van der Waals surface area contributed by atoms with Crippen LogP contribution in [0.15, 0.2) is 103 Å². The van der Waals surface area contributed by atoms with Gasteiger partial charge in [0.05, 0.1) is 0 Å². The van der Waals surface area contributed by atoms with Crippen LogP contribution in [0.4, 0.5) is 0 Å². The molecule has 0 fully saturated rings. The number of benzene rings is 3. The van der Waals surface area contributed by atoms with Gasteiger partial charge in [-0.05, 0) is 28.8 Å². The zero-order chi connectivity index (χ0) is 21.0. The molecule has 0 saturated carbocycles. The van der Waals surface area contributed by atoms with Crippen LogP contribution in [0.25, 0.3) is 12.2 Å². The minimum Gasteiger partial charge on any atom is -0.332 e. The van der Waals surface area contributed by atoms with Crippen molar-refractivity contribution >= 4 is 24.0 Å². The van der Waals surface area contributed by atoms with Gasteiger partial charge in [0.25, 0.3) is 0 Å². The van der Waals surface area contributed by atoms with Gasteiger partial charge in [-0.2, -0.15) is 0 Å². The highest BCUT2D eigenvalue weighted by atomic mass is 16.2. The predicted octanol–water partition coefficient (Wildman–Crippen LogP) is 4.21. The molecule has 0 aliphatic heterocycles. The van der Waals surface area contributed by atoms with Gasteiger partial charge in [-0.3, -0.25) is 9.59 Å². The Hall–Kier alpha value is -3.92. The molecule has 3 rings (SSSR count). The van der Waals surface area contributed by atoms with E-state index in [2.05, 4.69) is 10.6 Å². The third-order valence-corrected chi connectivity index (χ3v) is 4.37. The van der Waals surface area contributed by atoms with Gasteiger partial charge in [-0.25, -0.2) is 0 Å². The molecule has 4 heteroatoms. The summed E-state index contributed by atoms with van der Waals surface area (Å²) >= 11 is 0. The van der Waals surface area contributed by atoms with Gasteiger partial charge < -0.3 is 10.6 Å². The topological polar surface area (TPSA) is 58.2 Å². The van der Waals surface area contributed by atoms with Crippen LogP contribution in [0.1, 0.15) is 16.7 Å². The van der Waals surface area contributed by atoms with E-state index in [1.807, 2.05) is 91.0 Å². The fraction of sp³-hybridized carbons (Fsp3) is 0.0769. The average molecular weight is 396 g/mol. The number of nitrogens with one attached hydrogen (secondary N) is 2. The van der Waals surface area contributed by atoms with Crippen molar-refractivity contribution in [1.29, 1.82) is 0 Å². The summed E-state index contributed by atoms with van der Waals surface area (Å²) in [5.41, 5.74) is 2.88. The standard InChI is InChI=1S/C26H24N2O2/c29-25(18-16-21-10-4-1-5-11-21)27-24(20-23-14-8-3-9-15-23)28-26(30)19-17-22-12-6-2-7-13-22/h1-19,24H,20H2,(H,27,29)(H,28,30)/b18-16+,19-17+. The highest BCUT2D eigenvalue weighted by Crippen LogP contribution is 2.04. The lowest BCUT2D eigenvalue weighted by molar-refractivity contribution is -0.119. The van der Waals surface area contributed by atoms with Crippen LogP contribution in [0, 0.1) is 0 Å². The fourth-order valence-corrected chi connectivity index (χ4v) is 2.90. The molecule has 0 aliphatic rings. The molecule has 0 unspecified atom stereocenters. The summed E-state index contributed by atoms with van der Waals surface area (Å²) in [6.45, 7) is 0. The highest BCUT2D eigenvalue weighted by Gasteiger charge is 2.13. The van der Waals surface area contributed by atoms with E-state index in [9.17, 15) is 9.59 Å². The molecule has 0 atom stereocenters. The Morgan fingerprint density at radius 1 is 0.633 bits per heavy atom. The zero-order valence-corrected chi connectivity index (χ0v) is 16.6. The first-order valence-electron chi connectivity index (χ1n) is 9.80. The van der Waals surface area contributed by atoms with E-state index in [1.165, 1.54) is 12.2 Å². The summed E-state index contributed by atoms with van der Waals surface area (Å²) in [4.78, 5) is 24.8. The van der Waals surface area contributed by atoms with Gasteiger partial charge in [-0.15, -0.1) is 0 Å². The van der Waals surface area contributed by atoms with Crippen molar-refractivity contribution in [2.75, 3.05) is 0 Å². The maximum atomic E-state index is 12.4. The van der Waals surface area contributed by atoms with Crippen LogP contribution in [-0.4, -0.2) is 18.0 Å². The van der Waals surface area contributed by atoms with Crippen LogP contribution in [0.3, 0.4) is 0 Å². The Morgan fingerprint density at radius 3 is 1.47 bits per heavy atom. The fourth-order valence-electron chi connectivity index (χ4n) is 2.90. The molecule has 0 spiro atoms. The number of hydrogen-bond acceptors (Lipinski definition) is 2. The Morgan fingerprint density at radius 2 is 1.03 bits per heavy atom. The lowest BCUT2D eigenvalue weighted by Gasteiger charge is -2.19. The monoisotopic (exact) mass is 396 g/mol. The molecule has 2 amide bonds. The zero-order valence-electron chi connectivity index (χ0n) is 16.6. The third kappa shape index (κ3) is 7.24. The normalized spacial score (nSPS) is 11.1. The number of carbonyl (C=O) groups excluding carboxylic acids is 2. The van der Waals surface area contributed by atoms with Crippen molar-refractivity contribution < 1.29 is 9.59 Å². The van der Waals surface area contributed by atoms with Crippen LogP contribution < -0.4 is 10.6 Å². The Bertz CT molecular complexity index is 933. The lowest BCUT2D eigenvalue weighted by atomic mass is 10.1. The Kier molecular flexibility index (Phi) is 7.75. The second-order valence-electron chi connectivity index (χ2n) is 6.75. The first-order chi connectivity index (χ1) is 14.7. The molecular weight excluding hydrogens is 372 g/mol. The van der Waals surface area contributed by atoms with Gasteiger partial charge in [0.1, 0.15) is 6.17 Å². The van der Waals surface area contributed by atoms with Gasteiger partial charge >= 0.3 is 0 Å². The summed E-state index contributed by atoms with van der Waals surface area (Å²) in [6.07, 6.45) is 6.38. The van der Waals surface area contributed by atoms with E-state index < -0.39 is 6.17 Å². The maximum absolute atomic E-state index is 12.4. The minimum absolute atomic E-state index is 0.271. The van der Waals surface area contributed by atoms with Gasteiger partial charge in [0.2, 0.25) is 11.8 Å². The highest BCUT2D eigenvalue weighted by molar-refractivity contribution is 5.94. The largest absolute Gasteiger partial charge is 0.332 e. The Labute approximate surface area is 177 Å². The van der Waals surface area contributed by atoms with E-state index in [0.29, 0.717) is 6.42 Å². The SMILES string of the molecule is O=C(/C=C/c1ccccc1)NC(Cc1ccccc1)NC(=O)/C=C/c1ccccc1. The van der Waals surface area contributed by atoms with E-state index >= 15 is 0 Å². The average Bonchev–Trinajstić information content (AvgIpc) is 2.78. The number of carbonyl (C=O) groups is 2. The molecule has 0 bridgehead atoms. The smallest absolute Gasteiger partial charge is 0.245 e. The third-order valence-electron chi connectivity index (χ3n) is 4.37. The molecule has 0 aromatic heterocycles. The van der Waals surface area contributed by atoms with Crippen molar-refractivity contribution in [2.24, 2.45) is 0 Å². The molecule has 2 N–H and O–H groups in total. The van der Waals surface area contributed by atoms with Gasteiger partial charge in [-0.1, -0.05) is 91.0 Å². The molecule has 0 heterocycles. The number of hydrogen-bond donors (Lipinski definition) is 2. The second kappa shape index (κ2) is 11.2. The maximum Gasteiger partial charge on any atom is 0.245 e. The molecule has 3 aromatic rings. The summed E-state index contributed by atoms with van der Waals surface area (Å²) in [7, 11) is 0. The summed E-state index contributed by atoms with van der Waals surface area (Å²) in [6, 6.07) is 28.9. The van der Waals surface area contributed by atoms with E-state index in [1.54, 1.807) is 12.2 Å². The molecular formula is C26H24N2O2. The summed E-state index contributed by atoms with van der Waals surface area (Å²) < 4.78 is 0. The molecule has 3 aromatic carbocycles. The first kappa shape index (κ1) is 20.8. The van der Waals surface area contributed by atoms with Gasteiger partial charge in [0, 0.05) is 18.6 Å². The van der Waals surface area contributed by atoms with E-state index in [-0.39, 0.29) is 11.8 Å². The van der Waals surface area contributed by atoms with Gasteiger partial charge in [0.15, 0.2) is 0 Å². The minimum atomic E-state index is -0.534. The molecule has 0 saturated heterocycles. The van der Waals surface area contributed by atoms with Crippen LogP contribution in [0.2, 0.25) is 0 Å². The lowest BCUT2D eigenvalue weighted by Crippen LogP contribution is -2.48. The van der Waals surface area contributed by atoms with E-state index in [4.69, 9.17) is 0 Å². The summed E-state index contributed by atoms with van der Waals surface area (Å²) in [5.74, 6) is -0.542. The van der Waals surface area contributed by atoms with Crippen molar-refractivity contribution in [1.82, 2.24) is 10.6 Å². The molecule has 0 aliphatic carbocycles. The molecule has 4 nitrogen and oxygen atoms in total. The molecule has 0 radical (unpaired) electrons. The number of amides is 2. The molecule has 30 heavy (non-hydrogen) atoms. The van der Waals surface area contributed by atoms with Crippen LogP contribution >= 0.6 is 0 Å². The van der Waals surface area contributed by atoms with Crippen molar-refractivity contribution in [3.05, 3.63) is 120 Å². The number of rotatable bonds is 8. The molecule has 150 valence electrons. The van der Waals surface area contributed by atoms with Crippen molar-refractivity contribution in [3.8, 4) is 0 Å². The second-order valence-corrected chi connectivity index (χ2v) is 6.75. The predicted molar refractivity (Wildman–Crippen MR) is 121 cm³/mol. The Balaban J connectivity index is 1.65. The summed E-state index contributed by atoms with van der Waals surface area (Å²) in [5, 5.41) is 5.75. The quantitative estimate of drug-likeness (QED) is 0.443. The van der Waals surface area contributed by atoms with Crippen molar-refractivity contribution in [2.45, 2.75) is 12.6 Å². The van der Waals surface area contributed by atoms with Crippen molar-refractivity contribution in [3.63, 3.8) is 0 Å². The van der Waals surface area contributed by atoms with Crippen LogP contribution in [0.5, 0.6) is 0 Å².